The van der Waals surface area contributed by atoms with Crippen molar-refractivity contribution < 1.29 is 0 Å². The zero-order valence-electron chi connectivity index (χ0n) is 36.9. The van der Waals surface area contributed by atoms with E-state index in [1.54, 1.807) is 0 Å². The van der Waals surface area contributed by atoms with Crippen LogP contribution < -0.4 is 4.90 Å². The van der Waals surface area contributed by atoms with Gasteiger partial charge in [-0.05, 0) is 76.3 Å². The first-order valence-corrected chi connectivity index (χ1v) is 23.1. The second-order valence-electron chi connectivity index (χ2n) is 17.4. The quantitative estimate of drug-likeness (QED) is 0.152. The van der Waals surface area contributed by atoms with Gasteiger partial charge < -0.3 is 4.90 Å². The van der Waals surface area contributed by atoms with Crippen LogP contribution in [0.5, 0.6) is 0 Å². The van der Waals surface area contributed by atoms with Gasteiger partial charge in [-0.2, -0.15) is 9.97 Å². The second-order valence-corrected chi connectivity index (χ2v) is 17.4. The number of benzene rings is 8. The van der Waals surface area contributed by atoms with Gasteiger partial charge in [-0.25, -0.2) is 9.97 Å². The van der Waals surface area contributed by atoms with E-state index >= 15 is 0 Å². The molecule has 8 aromatic carbocycles. The largest absolute Gasteiger partial charge is 0.333 e. The van der Waals surface area contributed by atoms with Gasteiger partial charge in [-0.15, -0.1) is 0 Å². The minimum Gasteiger partial charge on any atom is -0.333 e. The number of pyridine rings is 1. The van der Waals surface area contributed by atoms with Gasteiger partial charge >= 0.3 is 0 Å². The number of nitrogens with zero attached hydrogens (tertiary/aromatic N) is 6. The predicted molar refractivity (Wildman–Crippen MR) is 278 cm³/mol. The molecule has 0 N–H and O–H groups in total. The molecule has 6 heteroatoms. The molecule has 2 unspecified atom stereocenters. The summed E-state index contributed by atoms with van der Waals surface area (Å²) in [6, 6.07) is 77.0. The first-order chi connectivity index (χ1) is 33.7. The second kappa shape index (κ2) is 16.5. The van der Waals surface area contributed by atoms with Crippen LogP contribution in [0.25, 0.3) is 95.3 Å². The Morgan fingerprint density at radius 3 is 1.60 bits per heavy atom. The standard InChI is InChI=1S/C62H42N6/c1-5-18-41(19-6-1)46-26-17-27-47(36-46)55-38-48(37-54(63-55)43-20-7-2-8-21-43)42-32-34-49(35-33-42)67-56-30-15-13-28-50(56)52-39-53-51-29-14-16-31-57(51)68(59(53)40-58(52)67)62-65-60(44-22-9-3-10-23-44)64-61(66-62)45-24-11-4-12-25-45/h1-40,50,56H. The fraction of sp³-hybridized carbons (Fsp3) is 0.0323. The molecule has 2 aliphatic rings. The minimum atomic E-state index is 0.104. The Bertz CT molecular complexity index is 3670. The van der Waals surface area contributed by atoms with E-state index in [-0.39, 0.29) is 12.0 Å². The molecule has 0 radical (unpaired) electrons. The number of hydrogen-bond acceptors (Lipinski definition) is 5. The van der Waals surface area contributed by atoms with Gasteiger partial charge in [-0.1, -0.05) is 194 Å². The molecule has 11 aromatic rings. The third kappa shape index (κ3) is 6.90. The third-order valence-corrected chi connectivity index (χ3v) is 13.4. The number of rotatable bonds is 8. The average Bonchev–Trinajstić information content (AvgIpc) is 3.93. The van der Waals surface area contributed by atoms with E-state index in [1.807, 2.05) is 36.4 Å². The first kappa shape index (κ1) is 39.4. The summed E-state index contributed by atoms with van der Waals surface area (Å²) in [6.45, 7) is 0. The van der Waals surface area contributed by atoms with Gasteiger partial charge in [0.2, 0.25) is 5.95 Å². The SMILES string of the molecule is C1=CC2c3cc4c5ccccc5n(-c5nc(-c6ccccc6)nc(-c6ccccc6)n5)c4cc3N(c3ccc(-c4cc(-c5ccccc5)nc(-c5cccc(-c6ccccc6)c5)c4)cc3)C2C=C1. The molecule has 0 amide bonds. The normalized spacial score (nSPS) is 14.9. The monoisotopic (exact) mass is 870 g/mol. The lowest BCUT2D eigenvalue weighted by molar-refractivity contribution is 0.745. The highest BCUT2D eigenvalue weighted by Crippen LogP contribution is 2.50. The van der Waals surface area contributed by atoms with Gasteiger partial charge in [0.05, 0.1) is 28.5 Å². The smallest absolute Gasteiger partial charge is 0.238 e. The van der Waals surface area contributed by atoms with Gasteiger partial charge in [0, 0.05) is 50.3 Å². The molecule has 0 fully saturated rings. The minimum absolute atomic E-state index is 0.104. The van der Waals surface area contributed by atoms with Crippen molar-refractivity contribution in [1.82, 2.24) is 24.5 Å². The van der Waals surface area contributed by atoms with Crippen LogP contribution in [0, 0.1) is 0 Å². The first-order valence-electron chi connectivity index (χ1n) is 23.1. The highest BCUT2D eigenvalue weighted by molar-refractivity contribution is 6.11. The van der Waals surface area contributed by atoms with Crippen LogP contribution in [-0.2, 0) is 0 Å². The molecule has 0 spiro atoms. The van der Waals surface area contributed by atoms with Crippen molar-refractivity contribution in [2.24, 2.45) is 0 Å². The molecule has 1 aliphatic carbocycles. The Hall–Kier alpha value is -9.00. The zero-order valence-corrected chi connectivity index (χ0v) is 36.9. The molecule has 1 aliphatic heterocycles. The topological polar surface area (TPSA) is 59.7 Å². The van der Waals surface area contributed by atoms with Crippen LogP contribution in [0.2, 0.25) is 0 Å². The molecule has 13 rings (SSSR count). The van der Waals surface area contributed by atoms with E-state index in [0.717, 1.165) is 78.1 Å². The van der Waals surface area contributed by atoms with E-state index < -0.39 is 0 Å². The van der Waals surface area contributed by atoms with Crippen molar-refractivity contribution >= 4 is 33.2 Å². The molecule has 6 nitrogen and oxygen atoms in total. The van der Waals surface area contributed by atoms with Crippen molar-refractivity contribution in [2.45, 2.75) is 12.0 Å². The number of hydrogen-bond donors (Lipinski definition) is 0. The van der Waals surface area contributed by atoms with Gasteiger partial charge in [0.1, 0.15) is 0 Å². The Kier molecular flexibility index (Phi) is 9.53. The lowest BCUT2D eigenvalue weighted by Gasteiger charge is -2.29. The van der Waals surface area contributed by atoms with Gasteiger partial charge in [0.15, 0.2) is 11.6 Å². The fourth-order valence-electron chi connectivity index (χ4n) is 10.1. The van der Waals surface area contributed by atoms with E-state index in [9.17, 15) is 0 Å². The molecule has 2 atom stereocenters. The number of anilines is 2. The van der Waals surface area contributed by atoms with E-state index in [2.05, 4.69) is 216 Å². The zero-order chi connectivity index (χ0) is 45.0. The summed E-state index contributed by atoms with van der Waals surface area (Å²) < 4.78 is 2.22. The van der Waals surface area contributed by atoms with Gasteiger partial charge in [0.25, 0.3) is 0 Å². The summed E-state index contributed by atoms with van der Waals surface area (Å²) >= 11 is 0. The fourth-order valence-corrected chi connectivity index (χ4v) is 10.1. The van der Waals surface area contributed by atoms with Crippen LogP contribution in [0.1, 0.15) is 11.5 Å². The number of fused-ring (bicyclic) bond motifs is 6. The van der Waals surface area contributed by atoms with E-state index in [0.29, 0.717) is 17.6 Å². The lowest BCUT2D eigenvalue weighted by atomic mass is 9.90. The Balaban J connectivity index is 0.944. The maximum Gasteiger partial charge on any atom is 0.238 e. The van der Waals surface area contributed by atoms with E-state index in [1.165, 1.54) is 16.5 Å². The summed E-state index contributed by atoms with van der Waals surface area (Å²) in [6.07, 6.45) is 9.06. The summed E-state index contributed by atoms with van der Waals surface area (Å²) in [5.74, 6) is 2.01. The summed E-state index contributed by atoms with van der Waals surface area (Å²) in [5, 5.41) is 2.32. The summed E-state index contributed by atoms with van der Waals surface area (Å²) in [4.78, 5) is 23.2. The number of para-hydroxylation sites is 1. The third-order valence-electron chi connectivity index (χ3n) is 13.4. The maximum absolute atomic E-state index is 5.26. The molecule has 0 saturated heterocycles. The predicted octanol–water partition coefficient (Wildman–Crippen LogP) is 15.1. The molecule has 68 heavy (non-hydrogen) atoms. The Morgan fingerprint density at radius 1 is 0.353 bits per heavy atom. The van der Waals surface area contributed by atoms with Crippen LogP contribution in [-0.4, -0.2) is 30.5 Å². The van der Waals surface area contributed by atoms with Crippen molar-refractivity contribution in [3.05, 3.63) is 248 Å². The molecular formula is C62H42N6. The highest BCUT2D eigenvalue weighted by atomic mass is 15.2. The molecule has 0 bridgehead atoms. The van der Waals surface area contributed by atoms with Crippen molar-refractivity contribution in [1.29, 1.82) is 0 Å². The summed E-state index contributed by atoms with van der Waals surface area (Å²) in [7, 11) is 0. The number of aromatic nitrogens is 5. The van der Waals surface area contributed by atoms with Crippen LogP contribution >= 0.6 is 0 Å². The van der Waals surface area contributed by atoms with Gasteiger partial charge in [-0.3, -0.25) is 4.57 Å². The maximum atomic E-state index is 5.26. The Morgan fingerprint density at radius 2 is 0.912 bits per heavy atom. The molecule has 0 saturated carbocycles. The molecule has 320 valence electrons. The molecule has 4 heterocycles. The highest BCUT2D eigenvalue weighted by Gasteiger charge is 2.38. The summed E-state index contributed by atoms with van der Waals surface area (Å²) in [5.41, 5.74) is 16.1. The van der Waals surface area contributed by atoms with Crippen LogP contribution in [0.3, 0.4) is 0 Å². The van der Waals surface area contributed by atoms with Crippen molar-refractivity contribution in [3.63, 3.8) is 0 Å². The Labute approximate surface area is 394 Å². The van der Waals surface area contributed by atoms with Crippen molar-refractivity contribution in [2.75, 3.05) is 4.90 Å². The van der Waals surface area contributed by atoms with Crippen molar-refractivity contribution in [3.8, 4) is 73.5 Å². The van der Waals surface area contributed by atoms with E-state index in [4.69, 9.17) is 19.9 Å². The van der Waals surface area contributed by atoms with Crippen LogP contribution in [0.4, 0.5) is 11.4 Å². The average molecular weight is 871 g/mol. The molecular weight excluding hydrogens is 829 g/mol. The molecule has 3 aromatic heterocycles. The lowest BCUT2D eigenvalue weighted by Crippen LogP contribution is -2.28. The van der Waals surface area contributed by atoms with Crippen LogP contribution in [0.15, 0.2) is 243 Å². The number of allylic oxidation sites excluding steroid dienone is 2.